The first-order chi connectivity index (χ1) is 7.19. The predicted molar refractivity (Wildman–Crippen MR) is 66.8 cm³/mol. The molecule has 1 aromatic carbocycles. The minimum atomic E-state index is 0.00917. The van der Waals surface area contributed by atoms with Crippen molar-refractivity contribution >= 4 is 21.6 Å². The number of anilines is 1. The van der Waals surface area contributed by atoms with E-state index in [1.807, 2.05) is 25.1 Å². The van der Waals surface area contributed by atoms with E-state index in [0.29, 0.717) is 6.61 Å². The lowest BCUT2D eigenvalue weighted by Gasteiger charge is -2.15. The molecule has 0 amide bonds. The van der Waals surface area contributed by atoms with Crippen LogP contribution in [0.5, 0.6) is 0 Å². The van der Waals surface area contributed by atoms with Gasteiger partial charge in [0.2, 0.25) is 0 Å². The van der Waals surface area contributed by atoms with E-state index in [9.17, 15) is 0 Å². The van der Waals surface area contributed by atoms with Crippen LogP contribution in [-0.2, 0) is 11.3 Å². The molecule has 0 aliphatic carbocycles. The van der Waals surface area contributed by atoms with Crippen LogP contribution in [0.2, 0.25) is 0 Å². The summed E-state index contributed by atoms with van der Waals surface area (Å²) < 4.78 is 6.17. The molecule has 3 heteroatoms. The Balaban J connectivity index is 2.96. The Morgan fingerprint density at radius 1 is 1.60 bits per heavy atom. The van der Waals surface area contributed by atoms with Crippen molar-refractivity contribution in [2.75, 3.05) is 12.4 Å². The van der Waals surface area contributed by atoms with Gasteiger partial charge in [0.05, 0.1) is 12.6 Å². The van der Waals surface area contributed by atoms with Gasteiger partial charge < -0.3 is 10.1 Å². The second kappa shape index (κ2) is 5.79. The lowest BCUT2D eigenvalue weighted by atomic mass is 10.1. The number of ether oxygens (including phenoxy) is 1. The summed E-state index contributed by atoms with van der Waals surface area (Å²) in [6, 6.07) is 5.96. The maximum Gasteiger partial charge on any atom is 0.0845 e. The van der Waals surface area contributed by atoms with Crippen molar-refractivity contribution in [3.05, 3.63) is 28.2 Å². The fourth-order valence-electron chi connectivity index (χ4n) is 1.26. The molecule has 1 atom stereocenters. The van der Waals surface area contributed by atoms with Gasteiger partial charge in [-0.3, -0.25) is 0 Å². The highest BCUT2D eigenvalue weighted by Gasteiger charge is 2.07. The van der Waals surface area contributed by atoms with Gasteiger partial charge in [0, 0.05) is 22.8 Å². The lowest BCUT2D eigenvalue weighted by Crippen LogP contribution is -2.13. The monoisotopic (exact) mass is 267 g/mol. The van der Waals surface area contributed by atoms with Crippen LogP contribution in [0.3, 0.4) is 0 Å². The Morgan fingerprint density at radius 2 is 2.33 bits per heavy atom. The molecule has 1 aromatic rings. The van der Waals surface area contributed by atoms with Gasteiger partial charge in [-0.2, -0.15) is 0 Å². The first-order valence-electron chi connectivity index (χ1n) is 4.68. The van der Waals surface area contributed by atoms with E-state index in [2.05, 4.69) is 27.2 Å². The van der Waals surface area contributed by atoms with Crippen molar-refractivity contribution in [1.82, 2.24) is 0 Å². The topological polar surface area (TPSA) is 21.3 Å². The SMILES string of the molecule is C#CC(C)Nc1cccc(Br)c1COC. The zero-order valence-electron chi connectivity index (χ0n) is 8.88. The van der Waals surface area contributed by atoms with Crippen LogP contribution < -0.4 is 5.32 Å². The van der Waals surface area contributed by atoms with Gasteiger partial charge in [-0.15, -0.1) is 6.42 Å². The minimum absolute atomic E-state index is 0.00917. The Labute approximate surface area is 99.2 Å². The standard InChI is InChI=1S/C12H14BrNO/c1-4-9(2)14-12-7-5-6-11(13)10(12)8-15-3/h1,5-7,9,14H,8H2,2-3H3. The third-order valence-electron chi connectivity index (χ3n) is 2.03. The Morgan fingerprint density at radius 3 is 2.93 bits per heavy atom. The second-order valence-corrected chi connectivity index (χ2v) is 4.09. The van der Waals surface area contributed by atoms with Gasteiger partial charge in [0.15, 0.2) is 0 Å². The molecule has 0 spiro atoms. The molecule has 80 valence electrons. The van der Waals surface area contributed by atoms with Crippen LogP contribution in [0.25, 0.3) is 0 Å². The van der Waals surface area contributed by atoms with Crippen molar-refractivity contribution in [2.24, 2.45) is 0 Å². The highest BCUT2D eigenvalue weighted by atomic mass is 79.9. The maximum atomic E-state index is 5.33. The van der Waals surface area contributed by atoms with Crippen LogP contribution in [0.4, 0.5) is 5.69 Å². The molecule has 0 saturated heterocycles. The van der Waals surface area contributed by atoms with Crippen LogP contribution in [-0.4, -0.2) is 13.2 Å². The number of hydrogen-bond acceptors (Lipinski definition) is 2. The summed E-state index contributed by atoms with van der Waals surface area (Å²) >= 11 is 3.49. The number of hydrogen-bond donors (Lipinski definition) is 1. The van der Waals surface area contributed by atoms with Crippen molar-refractivity contribution in [2.45, 2.75) is 19.6 Å². The van der Waals surface area contributed by atoms with Gasteiger partial charge in [-0.05, 0) is 19.1 Å². The molecule has 1 N–H and O–H groups in total. The summed E-state index contributed by atoms with van der Waals surface area (Å²) in [6.07, 6.45) is 5.33. The average molecular weight is 268 g/mol. The van der Waals surface area contributed by atoms with Crippen LogP contribution in [0.1, 0.15) is 12.5 Å². The quantitative estimate of drug-likeness (QED) is 0.847. The largest absolute Gasteiger partial charge is 0.380 e. The van der Waals surface area contributed by atoms with Crippen LogP contribution >= 0.6 is 15.9 Å². The van der Waals surface area contributed by atoms with Crippen molar-refractivity contribution in [3.63, 3.8) is 0 Å². The van der Waals surface area contributed by atoms with Crippen molar-refractivity contribution < 1.29 is 4.74 Å². The summed E-state index contributed by atoms with van der Waals surface area (Å²) in [7, 11) is 1.67. The molecule has 2 nitrogen and oxygen atoms in total. The van der Waals surface area contributed by atoms with Crippen molar-refractivity contribution in [1.29, 1.82) is 0 Å². The molecule has 15 heavy (non-hydrogen) atoms. The van der Waals surface area contributed by atoms with E-state index < -0.39 is 0 Å². The molecule has 0 saturated carbocycles. The molecule has 0 heterocycles. The minimum Gasteiger partial charge on any atom is -0.380 e. The number of terminal acetylenes is 1. The molecule has 0 aliphatic heterocycles. The molecule has 1 rings (SSSR count). The molecule has 0 bridgehead atoms. The summed E-state index contributed by atoms with van der Waals surface area (Å²) in [6.45, 7) is 2.50. The highest BCUT2D eigenvalue weighted by Crippen LogP contribution is 2.25. The van der Waals surface area contributed by atoms with Gasteiger partial charge in [0.1, 0.15) is 0 Å². The van der Waals surface area contributed by atoms with E-state index in [4.69, 9.17) is 11.2 Å². The molecule has 0 aromatic heterocycles. The summed E-state index contributed by atoms with van der Waals surface area (Å²) in [5.74, 6) is 2.63. The second-order valence-electron chi connectivity index (χ2n) is 3.23. The summed E-state index contributed by atoms with van der Waals surface area (Å²) in [5.41, 5.74) is 2.10. The predicted octanol–water partition coefficient (Wildman–Crippen LogP) is 3.03. The Hall–Kier alpha value is -0.980. The zero-order valence-corrected chi connectivity index (χ0v) is 10.5. The Bertz CT molecular complexity index is 370. The first kappa shape index (κ1) is 12.1. The zero-order chi connectivity index (χ0) is 11.3. The highest BCUT2D eigenvalue weighted by molar-refractivity contribution is 9.10. The van der Waals surface area contributed by atoms with Gasteiger partial charge in [-0.25, -0.2) is 0 Å². The molecular formula is C12H14BrNO. The van der Waals surface area contributed by atoms with Gasteiger partial charge in [-0.1, -0.05) is 27.9 Å². The average Bonchev–Trinajstić information content (AvgIpc) is 2.23. The van der Waals surface area contributed by atoms with Crippen LogP contribution in [0.15, 0.2) is 22.7 Å². The fourth-order valence-corrected chi connectivity index (χ4v) is 1.74. The van der Waals surface area contributed by atoms with E-state index in [0.717, 1.165) is 15.7 Å². The van der Waals surface area contributed by atoms with E-state index in [-0.39, 0.29) is 6.04 Å². The van der Waals surface area contributed by atoms with E-state index >= 15 is 0 Å². The first-order valence-corrected chi connectivity index (χ1v) is 5.47. The fraction of sp³-hybridized carbons (Fsp3) is 0.333. The van der Waals surface area contributed by atoms with Crippen LogP contribution in [0, 0.1) is 12.3 Å². The lowest BCUT2D eigenvalue weighted by molar-refractivity contribution is 0.185. The number of nitrogens with one attached hydrogen (secondary N) is 1. The summed E-state index contributed by atoms with van der Waals surface area (Å²) in [4.78, 5) is 0. The smallest absolute Gasteiger partial charge is 0.0845 e. The third kappa shape index (κ3) is 3.26. The molecule has 0 aliphatic rings. The van der Waals surface area contributed by atoms with E-state index in [1.54, 1.807) is 7.11 Å². The normalized spacial score (nSPS) is 11.9. The van der Waals surface area contributed by atoms with Gasteiger partial charge in [0.25, 0.3) is 0 Å². The molecule has 1 unspecified atom stereocenters. The summed E-state index contributed by atoms with van der Waals surface area (Å²) in [5, 5.41) is 3.24. The number of rotatable bonds is 4. The number of methoxy groups -OCH3 is 1. The number of benzene rings is 1. The van der Waals surface area contributed by atoms with Crippen molar-refractivity contribution in [3.8, 4) is 12.3 Å². The van der Waals surface area contributed by atoms with E-state index in [1.165, 1.54) is 0 Å². The molecular weight excluding hydrogens is 254 g/mol. The molecule has 0 radical (unpaired) electrons. The number of halogens is 1. The third-order valence-corrected chi connectivity index (χ3v) is 2.77. The Kier molecular flexibility index (Phi) is 4.67. The van der Waals surface area contributed by atoms with Gasteiger partial charge >= 0.3 is 0 Å². The maximum absolute atomic E-state index is 5.33. The molecule has 0 fully saturated rings.